The molecule has 2 atom stereocenters. The van der Waals surface area contributed by atoms with E-state index in [1.54, 1.807) is 6.20 Å². The van der Waals surface area contributed by atoms with Crippen LogP contribution in [0.5, 0.6) is 0 Å². The Morgan fingerprint density at radius 3 is 2.57 bits per heavy atom. The maximum absolute atomic E-state index is 5.78. The first kappa shape index (κ1) is 18.4. The summed E-state index contributed by atoms with van der Waals surface area (Å²) >= 11 is 5.78. The van der Waals surface area contributed by atoms with Gasteiger partial charge in [0.1, 0.15) is 0 Å². The van der Waals surface area contributed by atoms with Crippen LogP contribution in [0.3, 0.4) is 0 Å². The number of hydrogen-bond donors (Lipinski definition) is 1. The van der Waals surface area contributed by atoms with Crippen LogP contribution in [0, 0.1) is 0 Å². The van der Waals surface area contributed by atoms with Crippen molar-refractivity contribution in [2.75, 3.05) is 0 Å². The van der Waals surface area contributed by atoms with Crippen LogP contribution < -0.4 is 5.32 Å². The first-order valence-corrected chi connectivity index (χ1v) is 10.2. The molecule has 5 rings (SSSR count). The molecule has 0 amide bonds. The third-order valence-corrected chi connectivity index (χ3v) is 5.66. The Balaban J connectivity index is 1.60. The molecule has 7 heteroatoms. The summed E-state index contributed by atoms with van der Waals surface area (Å²) in [7, 11) is 0. The highest BCUT2D eigenvalue weighted by Crippen LogP contribution is 2.40. The number of rotatable bonds is 5. The third kappa shape index (κ3) is 3.44. The summed E-state index contributed by atoms with van der Waals surface area (Å²) in [4.78, 5) is 15.3. The largest absolute Gasteiger partial charge is 0.352 e. The average Bonchev–Trinajstić information content (AvgIpc) is 3.40. The molecule has 6 nitrogen and oxygen atoms in total. The zero-order valence-electron chi connectivity index (χ0n) is 16.2. The Morgan fingerprint density at radius 1 is 0.900 bits per heavy atom. The van der Waals surface area contributed by atoms with Crippen LogP contribution in [0.25, 0.3) is 5.69 Å². The summed E-state index contributed by atoms with van der Waals surface area (Å²) < 4.78 is 2.17. The second-order valence-corrected chi connectivity index (χ2v) is 7.51. The van der Waals surface area contributed by atoms with E-state index in [1.807, 2.05) is 61.2 Å². The summed E-state index contributed by atoms with van der Waals surface area (Å²) in [6.45, 7) is 0.681. The molecule has 1 saturated heterocycles. The maximum Gasteiger partial charge on any atom is 0.170 e. The van der Waals surface area contributed by atoms with Gasteiger partial charge in [-0.15, -0.1) is 0 Å². The van der Waals surface area contributed by atoms with Crippen molar-refractivity contribution in [3.8, 4) is 5.69 Å². The standard InChI is InChI=1S/C23H20N6S/c30-23-27-21(19-6-1-2-11-26-19)22(29(23)16-17-8-12-24-13-9-17)20-7-4-14-28(20)18-5-3-10-25-15-18/h1-15,21-22H,16H2,(H,27,30)/t21-,22+/m0/s1. The van der Waals surface area contributed by atoms with E-state index in [9.17, 15) is 0 Å². The zero-order chi connectivity index (χ0) is 20.3. The fraction of sp³-hybridized carbons (Fsp3) is 0.130. The van der Waals surface area contributed by atoms with E-state index in [1.165, 1.54) is 0 Å². The van der Waals surface area contributed by atoms with Crippen molar-refractivity contribution in [1.82, 2.24) is 29.7 Å². The minimum Gasteiger partial charge on any atom is -0.352 e. The highest BCUT2D eigenvalue weighted by atomic mass is 32.1. The van der Waals surface area contributed by atoms with E-state index >= 15 is 0 Å². The third-order valence-electron chi connectivity index (χ3n) is 5.31. The van der Waals surface area contributed by atoms with Crippen LogP contribution in [0.1, 0.15) is 29.0 Å². The van der Waals surface area contributed by atoms with E-state index in [0.29, 0.717) is 11.7 Å². The average molecular weight is 413 g/mol. The molecule has 0 spiro atoms. The van der Waals surface area contributed by atoms with Gasteiger partial charge in [-0.2, -0.15) is 0 Å². The van der Waals surface area contributed by atoms with Gasteiger partial charge in [-0.25, -0.2) is 0 Å². The predicted octanol–water partition coefficient (Wildman–Crippen LogP) is 3.84. The lowest BCUT2D eigenvalue weighted by molar-refractivity contribution is 0.302. The van der Waals surface area contributed by atoms with Gasteiger partial charge in [0.2, 0.25) is 0 Å². The summed E-state index contributed by atoms with van der Waals surface area (Å²) in [5.41, 5.74) is 4.25. The molecule has 0 radical (unpaired) electrons. The zero-order valence-corrected chi connectivity index (χ0v) is 17.0. The molecule has 0 aromatic carbocycles. The van der Waals surface area contributed by atoms with Gasteiger partial charge in [-0.05, 0) is 66.3 Å². The van der Waals surface area contributed by atoms with Gasteiger partial charge in [0.25, 0.3) is 0 Å². The Labute approximate surface area is 180 Å². The lowest BCUT2D eigenvalue weighted by atomic mass is 10.0. The van der Waals surface area contributed by atoms with Crippen molar-refractivity contribution in [2.45, 2.75) is 18.6 Å². The number of nitrogens with one attached hydrogen (secondary N) is 1. The van der Waals surface area contributed by atoms with Crippen LogP contribution in [0.4, 0.5) is 0 Å². The number of thiocarbonyl (C=S) groups is 1. The summed E-state index contributed by atoms with van der Waals surface area (Å²) in [5.74, 6) is 0. The molecule has 0 bridgehead atoms. The van der Waals surface area contributed by atoms with Gasteiger partial charge >= 0.3 is 0 Å². The monoisotopic (exact) mass is 412 g/mol. The molecule has 1 N–H and O–H groups in total. The normalized spacial score (nSPS) is 18.4. The summed E-state index contributed by atoms with van der Waals surface area (Å²) in [6.07, 6.45) is 11.2. The van der Waals surface area contributed by atoms with Gasteiger partial charge in [-0.3, -0.25) is 15.0 Å². The molecular weight excluding hydrogens is 392 g/mol. The van der Waals surface area contributed by atoms with E-state index < -0.39 is 0 Å². The van der Waals surface area contributed by atoms with Crippen LogP contribution in [0.15, 0.2) is 91.8 Å². The van der Waals surface area contributed by atoms with Crippen molar-refractivity contribution in [1.29, 1.82) is 0 Å². The van der Waals surface area contributed by atoms with Crippen molar-refractivity contribution in [2.24, 2.45) is 0 Å². The lowest BCUT2D eigenvalue weighted by Gasteiger charge is -2.29. The second kappa shape index (κ2) is 8.04. The fourth-order valence-corrected chi connectivity index (χ4v) is 4.25. The molecule has 1 fully saturated rings. The molecule has 0 saturated carbocycles. The first-order chi connectivity index (χ1) is 14.8. The molecule has 1 aliphatic rings. The number of aromatic nitrogens is 4. The molecule has 0 aliphatic carbocycles. The molecular formula is C23H20N6S. The van der Waals surface area contributed by atoms with Crippen molar-refractivity contribution >= 4 is 17.3 Å². The molecule has 148 valence electrons. The van der Waals surface area contributed by atoms with E-state index in [2.05, 4.69) is 54.1 Å². The second-order valence-electron chi connectivity index (χ2n) is 7.12. The molecule has 0 unspecified atom stereocenters. The fourth-order valence-electron chi connectivity index (χ4n) is 3.95. The van der Waals surface area contributed by atoms with E-state index in [-0.39, 0.29) is 12.1 Å². The van der Waals surface area contributed by atoms with Crippen LogP contribution >= 0.6 is 12.2 Å². The van der Waals surface area contributed by atoms with Gasteiger partial charge < -0.3 is 14.8 Å². The van der Waals surface area contributed by atoms with E-state index in [0.717, 1.165) is 22.6 Å². The van der Waals surface area contributed by atoms with Gasteiger partial charge in [0.05, 0.1) is 29.7 Å². The predicted molar refractivity (Wildman–Crippen MR) is 119 cm³/mol. The lowest BCUT2D eigenvalue weighted by Crippen LogP contribution is -2.30. The van der Waals surface area contributed by atoms with Crippen molar-refractivity contribution < 1.29 is 0 Å². The van der Waals surface area contributed by atoms with Gasteiger partial charge in [-0.1, -0.05) is 6.07 Å². The van der Waals surface area contributed by atoms with Crippen molar-refractivity contribution in [3.05, 3.63) is 109 Å². The minimum atomic E-state index is -0.0640. The molecule has 5 heterocycles. The maximum atomic E-state index is 5.78. The molecule has 30 heavy (non-hydrogen) atoms. The van der Waals surface area contributed by atoms with Crippen LogP contribution in [0.2, 0.25) is 0 Å². The Morgan fingerprint density at radius 2 is 1.80 bits per heavy atom. The topological polar surface area (TPSA) is 58.9 Å². The molecule has 1 aliphatic heterocycles. The Kier molecular flexibility index (Phi) is 4.94. The highest BCUT2D eigenvalue weighted by molar-refractivity contribution is 7.80. The van der Waals surface area contributed by atoms with Gasteiger partial charge in [0, 0.05) is 43.2 Å². The number of hydrogen-bond acceptors (Lipinski definition) is 4. The SMILES string of the molecule is S=C1N[C@@H](c2ccccn2)[C@@H](c2cccn2-c2cccnc2)N1Cc1ccncc1. The minimum absolute atomic E-state index is 0.0317. The summed E-state index contributed by atoms with van der Waals surface area (Å²) in [6, 6.07) is 18.1. The number of pyridine rings is 3. The first-order valence-electron chi connectivity index (χ1n) is 9.76. The summed E-state index contributed by atoms with van der Waals surface area (Å²) in [5, 5.41) is 4.22. The van der Waals surface area contributed by atoms with Gasteiger partial charge in [0.15, 0.2) is 5.11 Å². The smallest absolute Gasteiger partial charge is 0.170 e. The number of nitrogens with zero attached hydrogens (tertiary/aromatic N) is 5. The van der Waals surface area contributed by atoms with Crippen LogP contribution in [-0.4, -0.2) is 29.5 Å². The molecule has 4 aromatic heterocycles. The van der Waals surface area contributed by atoms with Crippen molar-refractivity contribution in [3.63, 3.8) is 0 Å². The molecule has 4 aromatic rings. The van der Waals surface area contributed by atoms with Crippen LogP contribution in [-0.2, 0) is 6.54 Å². The quantitative estimate of drug-likeness (QED) is 0.503. The Bertz CT molecular complexity index is 1130. The van der Waals surface area contributed by atoms with E-state index in [4.69, 9.17) is 12.2 Å². The Hall–Kier alpha value is -3.58. The highest BCUT2D eigenvalue weighted by Gasteiger charge is 2.41.